The molecule has 3 rings (SSSR count). The second kappa shape index (κ2) is 11.3. The standard InChI is InChI=1S/C25H34N4O2S2/c1-5-7-8-9-13-29-24(31)21(33-25(29)32)14-19-18(4)20(15-26)23(30)28(6-2)22(19)27-12-10-11-17(3)16-27/h14,17H,5-13,16H2,1-4H3/b21-14-. The first kappa shape index (κ1) is 25.5. The van der Waals surface area contributed by atoms with Gasteiger partial charge in [0.15, 0.2) is 0 Å². The first-order valence-electron chi connectivity index (χ1n) is 12.0. The van der Waals surface area contributed by atoms with Gasteiger partial charge >= 0.3 is 0 Å². The van der Waals surface area contributed by atoms with E-state index in [0.717, 1.165) is 63.0 Å². The van der Waals surface area contributed by atoms with Crippen molar-refractivity contribution in [1.29, 1.82) is 5.26 Å². The van der Waals surface area contributed by atoms with Crippen LogP contribution in [0, 0.1) is 24.2 Å². The summed E-state index contributed by atoms with van der Waals surface area (Å²) in [5.41, 5.74) is 1.31. The molecule has 0 spiro atoms. The van der Waals surface area contributed by atoms with Crippen LogP contribution in [0.5, 0.6) is 0 Å². The molecule has 8 heteroatoms. The molecule has 1 aromatic rings. The highest BCUT2D eigenvalue weighted by molar-refractivity contribution is 8.26. The Balaban J connectivity index is 2.07. The summed E-state index contributed by atoms with van der Waals surface area (Å²) in [6.07, 6.45) is 8.38. The number of nitrogens with zero attached hydrogens (tertiary/aromatic N) is 4. The minimum Gasteiger partial charge on any atom is -0.357 e. The van der Waals surface area contributed by atoms with Gasteiger partial charge in [-0.1, -0.05) is 57.1 Å². The summed E-state index contributed by atoms with van der Waals surface area (Å²) < 4.78 is 2.28. The molecule has 0 N–H and O–H groups in total. The number of rotatable bonds is 8. The molecule has 0 bridgehead atoms. The van der Waals surface area contributed by atoms with Crippen molar-refractivity contribution in [3.63, 3.8) is 0 Å². The number of aromatic nitrogens is 1. The predicted octanol–water partition coefficient (Wildman–Crippen LogP) is 5.07. The summed E-state index contributed by atoms with van der Waals surface area (Å²) in [4.78, 5) is 30.8. The molecule has 178 valence electrons. The third kappa shape index (κ3) is 5.36. The Morgan fingerprint density at radius 2 is 2.00 bits per heavy atom. The van der Waals surface area contributed by atoms with Crippen molar-refractivity contribution < 1.29 is 4.79 Å². The Kier molecular flexibility index (Phi) is 8.77. The quantitative estimate of drug-likeness (QED) is 0.290. The Morgan fingerprint density at radius 1 is 1.24 bits per heavy atom. The lowest BCUT2D eigenvalue weighted by Crippen LogP contribution is -2.40. The van der Waals surface area contributed by atoms with Crippen LogP contribution in [0.3, 0.4) is 0 Å². The van der Waals surface area contributed by atoms with Gasteiger partial charge in [-0.05, 0) is 50.7 Å². The van der Waals surface area contributed by atoms with Crippen LogP contribution in [0.2, 0.25) is 0 Å². The van der Waals surface area contributed by atoms with Crippen molar-refractivity contribution in [3.8, 4) is 6.07 Å². The second-order valence-electron chi connectivity index (χ2n) is 8.99. The van der Waals surface area contributed by atoms with Gasteiger partial charge in [-0.25, -0.2) is 0 Å². The smallest absolute Gasteiger partial charge is 0.270 e. The molecule has 0 saturated carbocycles. The second-order valence-corrected chi connectivity index (χ2v) is 10.7. The van der Waals surface area contributed by atoms with Crippen LogP contribution >= 0.6 is 24.0 Å². The molecule has 2 aliphatic rings. The summed E-state index contributed by atoms with van der Waals surface area (Å²) in [6.45, 7) is 10.9. The molecule has 2 fully saturated rings. The van der Waals surface area contributed by atoms with Gasteiger partial charge in [-0.3, -0.25) is 19.1 Å². The van der Waals surface area contributed by atoms with E-state index in [0.29, 0.717) is 33.8 Å². The molecular formula is C25H34N4O2S2. The number of nitriles is 1. The fourth-order valence-electron chi connectivity index (χ4n) is 4.68. The lowest BCUT2D eigenvalue weighted by Gasteiger charge is -2.35. The number of piperidine rings is 1. The summed E-state index contributed by atoms with van der Waals surface area (Å²) >= 11 is 6.84. The van der Waals surface area contributed by atoms with E-state index in [9.17, 15) is 14.9 Å². The molecule has 0 aliphatic carbocycles. The maximum absolute atomic E-state index is 13.2. The van der Waals surface area contributed by atoms with Gasteiger partial charge < -0.3 is 4.90 Å². The van der Waals surface area contributed by atoms with Crippen molar-refractivity contribution in [2.75, 3.05) is 24.5 Å². The largest absolute Gasteiger partial charge is 0.357 e. The summed E-state index contributed by atoms with van der Waals surface area (Å²) in [6, 6.07) is 2.10. The lowest BCUT2D eigenvalue weighted by molar-refractivity contribution is -0.122. The Morgan fingerprint density at radius 3 is 2.64 bits per heavy atom. The van der Waals surface area contributed by atoms with Crippen molar-refractivity contribution in [2.24, 2.45) is 5.92 Å². The number of thiocarbonyl (C=S) groups is 1. The summed E-state index contributed by atoms with van der Waals surface area (Å²) in [5.74, 6) is 1.26. The minimum atomic E-state index is -0.258. The Hall–Kier alpha value is -2.11. The van der Waals surface area contributed by atoms with E-state index in [2.05, 4.69) is 24.8 Å². The number of unbranched alkanes of at least 4 members (excludes halogenated alkanes) is 3. The van der Waals surface area contributed by atoms with Crippen molar-refractivity contribution in [3.05, 3.63) is 31.9 Å². The van der Waals surface area contributed by atoms with Gasteiger partial charge in [0.1, 0.15) is 21.8 Å². The molecule has 0 aromatic carbocycles. The summed E-state index contributed by atoms with van der Waals surface area (Å²) in [7, 11) is 0. The van der Waals surface area contributed by atoms with Crippen LogP contribution in [-0.2, 0) is 11.3 Å². The maximum Gasteiger partial charge on any atom is 0.270 e. The Labute approximate surface area is 206 Å². The topological polar surface area (TPSA) is 69.3 Å². The minimum absolute atomic E-state index is 0.0772. The molecule has 0 radical (unpaired) electrons. The average Bonchev–Trinajstić information content (AvgIpc) is 3.05. The van der Waals surface area contributed by atoms with Crippen molar-refractivity contribution in [2.45, 2.75) is 72.8 Å². The predicted molar refractivity (Wildman–Crippen MR) is 140 cm³/mol. The average molecular weight is 487 g/mol. The number of amides is 1. The number of carbonyl (C=O) groups is 1. The number of carbonyl (C=O) groups excluding carboxylic acids is 1. The molecule has 6 nitrogen and oxygen atoms in total. The molecule has 3 heterocycles. The number of anilines is 1. The fourth-order valence-corrected chi connectivity index (χ4v) is 5.97. The maximum atomic E-state index is 13.2. The number of hydrogen-bond acceptors (Lipinski definition) is 6. The highest BCUT2D eigenvalue weighted by atomic mass is 32.2. The monoisotopic (exact) mass is 486 g/mol. The van der Waals surface area contributed by atoms with Crippen LogP contribution in [-0.4, -0.2) is 39.3 Å². The van der Waals surface area contributed by atoms with Gasteiger partial charge in [0.25, 0.3) is 11.5 Å². The lowest BCUT2D eigenvalue weighted by atomic mass is 9.98. The van der Waals surface area contributed by atoms with Crippen LogP contribution in [0.1, 0.15) is 76.0 Å². The first-order chi connectivity index (χ1) is 15.8. The van der Waals surface area contributed by atoms with Crippen LogP contribution < -0.4 is 10.5 Å². The van der Waals surface area contributed by atoms with Crippen molar-refractivity contribution >= 4 is 46.1 Å². The molecular weight excluding hydrogens is 452 g/mol. The zero-order chi connectivity index (χ0) is 24.1. The molecule has 1 amide bonds. The molecule has 1 unspecified atom stereocenters. The zero-order valence-corrected chi connectivity index (χ0v) is 21.8. The number of pyridine rings is 1. The van der Waals surface area contributed by atoms with Crippen LogP contribution in [0.4, 0.5) is 5.82 Å². The molecule has 1 aromatic heterocycles. The van der Waals surface area contributed by atoms with E-state index >= 15 is 0 Å². The van der Waals surface area contributed by atoms with Crippen LogP contribution in [0.15, 0.2) is 9.70 Å². The number of thioether (sulfide) groups is 1. The van der Waals surface area contributed by atoms with E-state index in [4.69, 9.17) is 12.2 Å². The van der Waals surface area contributed by atoms with Gasteiger partial charge in [0.05, 0.1) is 4.91 Å². The zero-order valence-electron chi connectivity index (χ0n) is 20.1. The van der Waals surface area contributed by atoms with Gasteiger partial charge in [-0.2, -0.15) is 5.26 Å². The highest BCUT2D eigenvalue weighted by Gasteiger charge is 2.33. The van der Waals surface area contributed by atoms with E-state index in [1.54, 1.807) is 9.47 Å². The molecule has 2 saturated heterocycles. The summed E-state index contributed by atoms with van der Waals surface area (Å²) in [5, 5.41) is 9.73. The molecule has 2 aliphatic heterocycles. The van der Waals surface area contributed by atoms with Crippen molar-refractivity contribution in [1.82, 2.24) is 9.47 Å². The SMILES string of the molecule is CCCCCCN1C(=O)/C(=C/c2c(C)c(C#N)c(=O)n(CC)c2N2CCCC(C)C2)SC1=S. The normalized spacial score (nSPS) is 20.1. The van der Waals surface area contributed by atoms with E-state index in [1.165, 1.54) is 11.8 Å². The third-order valence-corrected chi connectivity index (χ3v) is 7.88. The van der Waals surface area contributed by atoms with Gasteiger partial charge in [0.2, 0.25) is 0 Å². The van der Waals surface area contributed by atoms with E-state index < -0.39 is 0 Å². The van der Waals surface area contributed by atoms with Crippen LogP contribution in [0.25, 0.3) is 6.08 Å². The molecule has 1 atom stereocenters. The highest BCUT2D eigenvalue weighted by Crippen LogP contribution is 2.36. The number of hydrogen-bond donors (Lipinski definition) is 0. The van der Waals surface area contributed by atoms with E-state index in [-0.39, 0.29) is 17.0 Å². The third-order valence-electron chi connectivity index (χ3n) is 6.50. The fraction of sp³-hybridized carbons (Fsp3) is 0.600. The van der Waals surface area contributed by atoms with Gasteiger partial charge in [0, 0.05) is 31.7 Å². The molecule has 33 heavy (non-hydrogen) atoms. The first-order valence-corrected chi connectivity index (χ1v) is 13.2. The van der Waals surface area contributed by atoms with Gasteiger partial charge in [-0.15, -0.1) is 0 Å². The van der Waals surface area contributed by atoms with E-state index in [1.807, 2.05) is 19.9 Å². The Bertz CT molecular complexity index is 1050.